The third-order valence-corrected chi connectivity index (χ3v) is 6.69. The maximum Gasteiger partial charge on any atom is 0.225 e. The van der Waals surface area contributed by atoms with Crippen molar-refractivity contribution >= 4 is 28.3 Å². The largest absolute Gasteiger partial charge is 0.368 e. The van der Waals surface area contributed by atoms with Crippen molar-refractivity contribution in [1.82, 2.24) is 44.0 Å². The highest BCUT2D eigenvalue weighted by atomic mass is 19.1. The molecule has 11 nitrogen and oxygen atoms in total. The smallest absolute Gasteiger partial charge is 0.225 e. The van der Waals surface area contributed by atoms with Crippen LogP contribution < -0.4 is 10.6 Å². The molecule has 2 N–H and O–H groups in total. The average molecular weight is 494 g/mol. The standard InChI is InChI=1S/C23H25F2N11/c1-14-11-18(30-32(14)2)20-28-22-16-13-27-35(21(16)29-23(26)36(22)31-20)10-7-33-5-8-34(9-6-33)19-4-3-15(24)12-17(19)25/h3-4,11-13H,5-10H2,1-2H3,(H2,26,29). The van der Waals surface area contributed by atoms with Gasteiger partial charge in [-0.15, -0.1) is 5.10 Å². The molecule has 0 bridgehead atoms. The lowest BCUT2D eigenvalue weighted by Crippen LogP contribution is -2.47. The predicted molar refractivity (Wildman–Crippen MR) is 130 cm³/mol. The van der Waals surface area contributed by atoms with Crippen LogP contribution in [0.1, 0.15) is 5.69 Å². The van der Waals surface area contributed by atoms with E-state index in [0.29, 0.717) is 48.1 Å². The molecular formula is C23H25F2N11. The minimum Gasteiger partial charge on any atom is -0.368 e. The molecule has 4 aromatic heterocycles. The first kappa shape index (κ1) is 22.3. The maximum absolute atomic E-state index is 14.1. The summed E-state index contributed by atoms with van der Waals surface area (Å²) in [6.45, 7) is 6.14. The number of aryl methyl sites for hydroxylation is 2. The average Bonchev–Trinajstić information content (AvgIpc) is 3.56. The molecular weight excluding hydrogens is 468 g/mol. The van der Waals surface area contributed by atoms with E-state index in [-0.39, 0.29) is 5.95 Å². The lowest BCUT2D eigenvalue weighted by atomic mass is 10.2. The minimum atomic E-state index is -0.568. The summed E-state index contributed by atoms with van der Waals surface area (Å²) in [4.78, 5) is 13.4. The predicted octanol–water partition coefficient (Wildman–Crippen LogP) is 1.87. The summed E-state index contributed by atoms with van der Waals surface area (Å²) < 4.78 is 32.5. The third-order valence-electron chi connectivity index (χ3n) is 6.69. The second-order valence-corrected chi connectivity index (χ2v) is 8.96. The zero-order valence-corrected chi connectivity index (χ0v) is 19.9. The topological polar surface area (TPSA) is 111 Å². The first-order valence-corrected chi connectivity index (χ1v) is 11.7. The monoisotopic (exact) mass is 493 g/mol. The first-order valence-electron chi connectivity index (χ1n) is 11.7. The van der Waals surface area contributed by atoms with Gasteiger partial charge in [0.25, 0.3) is 0 Å². The molecule has 0 spiro atoms. The molecule has 0 amide bonds. The van der Waals surface area contributed by atoms with Gasteiger partial charge >= 0.3 is 0 Å². The van der Waals surface area contributed by atoms with Gasteiger partial charge in [-0.3, -0.25) is 9.58 Å². The van der Waals surface area contributed by atoms with E-state index in [1.54, 1.807) is 10.9 Å². The number of halogens is 2. The molecule has 13 heteroatoms. The lowest BCUT2D eigenvalue weighted by molar-refractivity contribution is 0.245. The molecule has 0 aliphatic carbocycles. The SMILES string of the molecule is Cc1cc(-c2nc3c4cnn(CCN5CCN(c6ccc(F)cc6F)CC5)c4nc(N)n3n2)nn1C. The van der Waals surface area contributed by atoms with Gasteiger partial charge in [0.1, 0.15) is 17.3 Å². The Morgan fingerprint density at radius 2 is 1.78 bits per heavy atom. The third kappa shape index (κ3) is 3.81. The first-order chi connectivity index (χ1) is 17.4. The van der Waals surface area contributed by atoms with E-state index in [1.807, 2.05) is 29.6 Å². The maximum atomic E-state index is 14.1. The van der Waals surface area contributed by atoms with E-state index < -0.39 is 11.6 Å². The number of nitrogens with zero attached hydrogens (tertiary/aromatic N) is 10. The second kappa shape index (κ2) is 8.52. The highest BCUT2D eigenvalue weighted by Crippen LogP contribution is 2.24. The van der Waals surface area contributed by atoms with Crippen molar-refractivity contribution in [1.29, 1.82) is 0 Å². The highest BCUT2D eigenvalue weighted by molar-refractivity contribution is 5.90. The zero-order valence-electron chi connectivity index (χ0n) is 19.9. The Morgan fingerprint density at radius 1 is 0.972 bits per heavy atom. The van der Waals surface area contributed by atoms with E-state index >= 15 is 0 Å². The van der Waals surface area contributed by atoms with E-state index in [0.717, 1.165) is 36.8 Å². The van der Waals surface area contributed by atoms with E-state index in [1.165, 1.54) is 16.6 Å². The summed E-state index contributed by atoms with van der Waals surface area (Å²) in [7, 11) is 1.87. The fourth-order valence-corrected chi connectivity index (χ4v) is 4.58. The molecule has 186 valence electrons. The van der Waals surface area contributed by atoms with E-state index in [9.17, 15) is 8.78 Å². The number of anilines is 2. The quantitative estimate of drug-likeness (QED) is 0.395. The number of aromatic nitrogens is 8. The highest BCUT2D eigenvalue weighted by Gasteiger charge is 2.21. The Hall–Kier alpha value is -4.13. The molecule has 1 saturated heterocycles. The molecule has 0 radical (unpaired) electrons. The Balaban J connectivity index is 1.18. The molecule has 5 aromatic rings. The van der Waals surface area contributed by atoms with Crippen LogP contribution in [-0.2, 0) is 13.6 Å². The minimum absolute atomic E-state index is 0.223. The van der Waals surface area contributed by atoms with E-state index in [2.05, 4.69) is 30.2 Å². The van der Waals surface area contributed by atoms with Gasteiger partial charge in [0.05, 0.1) is 23.8 Å². The molecule has 36 heavy (non-hydrogen) atoms. The van der Waals surface area contributed by atoms with Crippen LogP contribution in [0, 0.1) is 18.6 Å². The van der Waals surface area contributed by atoms with E-state index in [4.69, 9.17) is 5.73 Å². The van der Waals surface area contributed by atoms with Crippen LogP contribution in [0.15, 0.2) is 30.5 Å². The van der Waals surface area contributed by atoms with Gasteiger partial charge in [0.15, 0.2) is 11.3 Å². The Kier molecular flexibility index (Phi) is 5.29. The molecule has 1 aliphatic heterocycles. The van der Waals surface area contributed by atoms with Gasteiger partial charge in [-0.2, -0.15) is 19.7 Å². The number of hydrogen-bond acceptors (Lipinski definition) is 8. The summed E-state index contributed by atoms with van der Waals surface area (Å²) >= 11 is 0. The number of rotatable bonds is 5. The Labute approximate surface area is 204 Å². The Bertz CT molecular complexity index is 1560. The number of nitrogens with two attached hydrogens (primary N) is 1. The van der Waals surface area contributed by atoms with Crippen molar-refractivity contribution in [2.45, 2.75) is 13.5 Å². The molecule has 0 saturated carbocycles. The van der Waals surface area contributed by atoms with Crippen LogP contribution >= 0.6 is 0 Å². The fraction of sp³-hybridized carbons (Fsp3) is 0.348. The van der Waals surface area contributed by atoms with Crippen LogP contribution in [-0.4, -0.2) is 76.8 Å². The van der Waals surface area contributed by atoms with Gasteiger partial charge in [-0.25, -0.2) is 18.4 Å². The summed E-state index contributed by atoms with van der Waals surface area (Å²) in [5, 5.41) is 14.2. The molecule has 6 rings (SSSR count). The van der Waals surface area contributed by atoms with Crippen LogP contribution in [0.2, 0.25) is 0 Å². The molecule has 0 unspecified atom stereocenters. The van der Waals surface area contributed by atoms with Gasteiger partial charge in [-0.05, 0) is 25.1 Å². The van der Waals surface area contributed by atoms with Crippen LogP contribution in [0.5, 0.6) is 0 Å². The lowest BCUT2D eigenvalue weighted by Gasteiger charge is -2.36. The number of nitrogen functional groups attached to an aromatic ring is 1. The normalized spacial score (nSPS) is 14.9. The van der Waals surface area contributed by atoms with Crippen molar-refractivity contribution in [2.24, 2.45) is 7.05 Å². The van der Waals surface area contributed by atoms with Crippen molar-refractivity contribution in [3.8, 4) is 11.5 Å². The number of fused-ring (bicyclic) bond motifs is 3. The molecule has 1 aromatic carbocycles. The van der Waals surface area contributed by atoms with Gasteiger partial charge in [-0.1, -0.05) is 0 Å². The number of piperazine rings is 1. The summed E-state index contributed by atoms with van der Waals surface area (Å²) in [6.07, 6.45) is 1.73. The molecule has 5 heterocycles. The van der Waals surface area contributed by atoms with Crippen molar-refractivity contribution in [3.63, 3.8) is 0 Å². The van der Waals surface area contributed by atoms with Gasteiger partial charge in [0, 0.05) is 51.5 Å². The van der Waals surface area contributed by atoms with Crippen LogP contribution in [0.3, 0.4) is 0 Å². The van der Waals surface area contributed by atoms with Crippen molar-refractivity contribution < 1.29 is 8.78 Å². The summed E-state index contributed by atoms with van der Waals surface area (Å²) in [6, 6.07) is 5.64. The zero-order chi connectivity index (χ0) is 25.0. The Morgan fingerprint density at radius 3 is 2.50 bits per heavy atom. The van der Waals surface area contributed by atoms with Crippen LogP contribution in [0.25, 0.3) is 28.2 Å². The van der Waals surface area contributed by atoms with Gasteiger partial charge in [0.2, 0.25) is 11.8 Å². The molecule has 1 aliphatic rings. The molecule has 0 atom stereocenters. The summed E-state index contributed by atoms with van der Waals surface area (Å²) in [5.74, 6) is -0.401. The van der Waals surface area contributed by atoms with Crippen molar-refractivity contribution in [3.05, 3.63) is 47.8 Å². The van der Waals surface area contributed by atoms with Crippen molar-refractivity contribution in [2.75, 3.05) is 43.4 Å². The number of hydrogen-bond donors (Lipinski definition) is 1. The number of benzene rings is 1. The van der Waals surface area contributed by atoms with Crippen LogP contribution in [0.4, 0.5) is 20.4 Å². The molecule has 1 fully saturated rings. The fourth-order valence-electron chi connectivity index (χ4n) is 4.58. The second-order valence-electron chi connectivity index (χ2n) is 8.96. The van der Waals surface area contributed by atoms with Gasteiger partial charge < -0.3 is 10.6 Å². The summed E-state index contributed by atoms with van der Waals surface area (Å²) in [5.41, 5.74) is 9.54.